The molecular formula is C14H19Br2N3OS. The summed E-state index contributed by atoms with van der Waals surface area (Å²) >= 11 is 9.01. The van der Waals surface area contributed by atoms with Gasteiger partial charge in [0.25, 0.3) is 0 Å². The van der Waals surface area contributed by atoms with Crippen molar-refractivity contribution < 1.29 is 4.74 Å². The summed E-state index contributed by atoms with van der Waals surface area (Å²) in [6.07, 6.45) is 1.85. The third-order valence-electron chi connectivity index (χ3n) is 3.18. The lowest BCUT2D eigenvalue weighted by Gasteiger charge is -2.19. The van der Waals surface area contributed by atoms with Crippen LogP contribution in [0.2, 0.25) is 0 Å². The van der Waals surface area contributed by atoms with Gasteiger partial charge >= 0.3 is 0 Å². The van der Waals surface area contributed by atoms with E-state index in [2.05, 4.69) is 62.2 Å². The van der Waals surface area contributed by atoms with Crippen molar-refractivity contribution in [3.63, 3.8) is 0 Å². The van der Waals surface area contributed by atoms with Gasteiger partial charge in [-0.05, 0) is 57.0 Å². The van der Waals surface area contributed by atoms with Gasteiger partial charge in [-0.25, -0.2) is 0 Å². The zero-order chi connectivity index (χ0) is 15.4. The summed E-state index contributed by atoms with van der Waals surface area (Å²) in [7, 11) is 1.71. The first kappa shape index (κ1) is 17.1. The van der Waals surface area contributed by atoms with Crippen LogP contribution in [0, 0.1) is 6.92 Å². The maximum atomic E-state index is 5.18. The van der Waals surface area contributed by atoms with Crippen LogP contribution in [0.15, 0.2) is 20.5 Å². The molecule has 2 aromatic heterocycles. The molecule has 4 nitrogen and oxygen atoms in total. The van der Waals surface area contributed by atoms with Crippen molar-refractivity contribution in [2.24, 2.45) is 0 Å². The molecule has 1 unspecified atom stereocenters. The maximum Gasteiger partial charge on any atom is 0.0853 e. The Morgan fingerprint density at radius 2 is 2.24 bits per heavy atom. The average molecular weight is 437 g/mol. The molecule has 0 aromatic carbocycles. The van der Waals surface area contributed by atoms with Crippen LogP contribution >= 0.6 is 43.2 Å². The first-order chi connectivity index (χ1) is 10.1. The number of ether oxygens (including phenoxy) is 1. The number of rotatable bonds is 7. The average Bonchev–Trinajstić information content (AvgIpc) is 2.98. The summed E-state index contributed by atoms with van der Waals surface area (Å²) in [5.74, 6) is 0. The minimum absolute atomic E-state index is 0.124. The smallest absolute Gasteiger partial charge is 0.0853 e. The molecule has 2 aromatic rings. The van der Waals surface area contributed by atoms with E-state index in [0.29, 0.717) is 6.61 Å². The highest BCUT2D eigenvalue weighted by molar-refractivity contribution is 9.11. The van der Waals surface area contributed by atoms with E-state index in [1.807, 2.05) is 10.9 Å². The fourth-order valence-corrected chi connectivity index (χ4v) is 4.35. The Morgan fingerprint density at radius 3 is 2.81 bits per heavy atom. The number of halogens is 2. The van der Waals surface area contributed by atoms with E-state index in [4.69, 9.17) is 4.74 Å². The lowest BCUT2D eigenvalue weighted by molar-refractivity contribution is 0.182. The van der Waals surface area contributed by atoms with Gasteiger partial charge in [0.1, 0.15) is 0 Å². The molecule has 0 saturated heterocycles. The number of methoxy groups -OCH3 is 1. The predicted molar refractivity (Wildman–Crippen MR) is 94.1 cm³/mol. The van der Waals surface area contributed by atoms with Crippen molar-refractivity contribution in [2.45, 2.75) is 26.4 Å². The lowest BCUT2D eigenvalue weighted by atomic mass is 10.1. The van der Waals surface area contributed by atoms with Crippen molar-refractivity contribution in [1.29, 1.82) is 0 Å². The topological polar surface area (TPSA) is 39.1 Å². The molecule has 21 heavy (non-hydrogen) atoms. The summed E-state index contributed by atoms with van der Waals surface area (Å²) in [4.78, 5) is 1.28. The van der Waals surface area contributed by atoms with E-state index in [-0.39, 0.29) is 6.04 Å². The number of nitrogens with one attached hydrogen (secondary N) is 1. The number of nitrogens with zero attached hydrogens (tertiary/aromatic N) is 2. The van der Waals surface area contributed by atoms with E-state index in [0.717, 1.165) is 23.3 Å². The van der Waals surface area contributed by atoms with Gasteiger partial charge in [0.05, 0.1) is 39.3 Å². The molecule has 7 heteroatoms. The van der Waals surface area contributed by atoms with Gasteiger partial charge in [0.2, 0.25) is 0 Å². The van der Waals surface area contributed by atoms with Crippen molar-refractivity contribution in [1.82, 2.24) is 15.1 Å². The molecule has 0 aliphatic carbocycles. The molecule has 0 spiro atoms. The molecule has 0 aliphatic heterocycles. The van der Waals surface area contributed by atoms with Crippen molar-refractivity contribution in [2.75, 3.05) is 20.3 Å². The van der Waals surface area contributed by atoms with Crippen LogP contribution in [0.1, 0.15) is 29.1 Å². The Balaban J connectivity index is 2.40. The normalized spacial score (nSPS) is 12.8. The Hall–Kier alpha value is -0.210. The standard InChI is InChI=1S/C14H19Br2N3OS/c1-4-17-12(11-7-9(2)14(16)21-11)13-10(15)8-18-19(13)5-6-20-3/h7-8,12,17H,4-6H2,1-3H3. The van der Waals surface area contributed by atoms with Gasteiger partial charge in [0.15, 0.2) is 0 Å². The van der Waals surface area contributed by atoms with E-state index >= 15 is 0 Å². The minimum atomic E-state index is 0.124. The molecule has 0 fully saturated rings. The zero-order valence-electron chi connectivity index (χ0n) is 12.3. The van der Waals surface area contributed by atoms with Crippen LogP contribution < -0.4 is 5.32 Å². The monoisotopic (exact) mass is 435 g/mol. The second kappa shape index (κ2) is 7.87. The first-order valence-electron chi connectivity index (χ1n) is 6.77. The zero-order valence-corrected chi connectivity index (χ0v) is 16.3. The van der Waals surface area contributed by atoms with Gasteiger partial charge in [-0.2, -0.15) is 5.10 Å². The van der Waals surface area contributed by atoms with Gasteiger partial charge in [-0.1, -0.05) is 6.92 Å². The molecule has 116 valence electrons. The molecule has 0 bridgehead atoms. The van der Waals surface area contributed by atoms with Gasteiger partial charge in [-0.3, -0.25) is 4.68 Å². The van der Waals surface area contributed by atoms with Gasteiger partial charge in [-0.15, -0.1) is 11.3 Å². The van der Waals surface area contributed by atoms with Crippen molar-refractivity contribution in [3.8, 4) is 0 Å². The molecule has 2 heterocycles. The molecular weight excluding hydrogens is 418 g/mol. The van der Waals surface area contributed by atoms with E-state index in [9.17, 15) is 0 Å². The predicted octanol–water partition coefficient (Wildman–Crippen LogP) is 4.12. The first-order valence-corrected chi connectivity index (χ1v) is 9.18. The van der Waals surface area contributed by atoms with Gasteiger partial charge in [0, 0.05) is 12.0 Å². The fraction of sp³-hybridized carbons (Fsp3) is 0.500. The molecule has 2 rings (SSSR count). The van der Waals surface area contributed by atoms with Crippen LogP contribution in [-0.4, -0.2) is 30.0 Å². The fourth-order valence-electron chi connectivity index (χ4n) is 2.18. The van der Waals surface area contributed by atoms with E-state index in [1.54, 1.807) is 18.4 Å². The summed E-state index contributed by atoms with van der Waals surface area (Å²) in [5, 5.41) is 8.01. The third-order valence-corrected chi connectivity index (χ3v) is 6.00. The van der Waals surface area contributed by atoms with E-state index < -0.39 is 0 Å². The number of hydrogen-bond donors (Lipinski definition) is 1. The van der Waals surface area contributed by atoms with Crippen LogP contribution in [-0.2, 0) is 11.3 Å². The third kappa shape index (κ3) is 3.96. The molecule has 0 amide bonds. The van der Waals surface area contributed by atoms with Crippen LogP contribution in [0.5, 0.6) is 0 Å². The Morgan fingerprint density at radius 1 is 1.48 bits per heavy atom. The van der Waals surface area contributed by atoms with Crippen molar-refractivity contribution >= 4 is 43.2 Å². The van der Waals surface area contributed by atoms with Crippen LogP contribution in [0.4, 0.5) is 0 Å². The Labute approximate surface area is 146 Å². The summed E-state index contributed by atoms with van der Waals surface area (Å²) in [6, 6.07) is 2.35. The number of aryl methyl sites for hydroxylation is 1. The Bertz CT molecular complexity index is 578. The molecule has 0 radical (unpaired) electrons. The van der Waals surface area contributed by atoms with Crippen LogP contribution in [0.25, 0.3) is 0 Å². The summed E-state index contributed by atoms with van der Waals surface area (Å²) in [6.45, 7) is 6.51. The highest BCUT2D eigenvalue weighted by Crippen LogP contribution is 2.36. The maximum absolute atomic E-state index is 5.18. The second-order valence-corrected chi connectivity index (χ2v) is 7.95. The molecule has 0 aliphatic rings. The summed E-state index contributed by atoms with van der Waals surface area (Å²) in [5.41, 5.74) is 2.40. The van der Waals surface area contributed by atoms with Crippen LogP contribution in [0.3, 0.4) is 0 Å². The summed E-state index contributed by atoms with van der Waals surface area (Å²) < 4.78 is 9.38. The highest BCUT2D eigenvalue weighted by Gasteiger charge is 2.23. The molecule has 1 atom stereocenters. The molecule has 1 N–H and O–H groups in total. The van der Waals surface area contributed by atoms with Crippen molar-refractivity contribution in [3.05, 3.63) is 36.7 Å². The highest BCUT2D eigenvalue weighted by atomic mass is 79.9. The van der Waals surface area contributed by atoms with E-state index in [1.165, 1.54) is 14.2 Å². The van der Waals surface area contributed by atoms with Gasteiger partial charge < -0.3 is 10.1 Å². The number of hydrogen-bond acceptors (Lipinski definition) is 4. The largest absolute Gasteiger partial charge is 0.383 e. The SMILES string of the molecule is CCNC(c1cc(C)c(Br)s1)c1c(Br)cnn1CCOC. The number of thiophene rings is 1. The lowest BCUT2D eigenvalue weighted by Crippen LogP contribution is -2.25. The quantitative estimate of drug-likeness (QED) is 0.709. The minimum Gasteiger partial charge on any atom is -0.383 e. The molecule has 0 saturated carbocycles. The Kier molecular flexibility index (Phi) is 6.43. The number of aromatic nitrogens is 2. The second-order valence-electron chi connectivity index (χ2n) is 4.69.